The van der Waals surface area contributed by atoms with Crippen LogP contribution in [0.5, 0.6) is 0 Å². The maximum atomic E-state index is 10.6. The van der Waals surface area contributed by atoms with E-state index >= 15 is 0 Å². The molecule has 0 aliphatic carbocycles. The lowest BCUT2D eigenvalue weighted by Gasteiger charge is -2.19. The number of aliphatic hydroxyl groups excluding tert-OH is 1. The van der Waals surface area contributed by atoms with Crippen LogP contribution in [0.3, 0.4) is 0 Å². The van der Waals surface area contributed by atoms with Crippen LogP contribution in [-0.4, -0.2) is 17.8 Å². The molecule has 1 fully saturated rings. The summed E-state index contributed by atoms with van der Waals surface area (Å²) in [6, 6.07) is 12.2. The molecule has 2 nitrogen and oxygen atoms in total. The Hall–Kier alpha value is -0.900. The summed E-state index contributed by atoms with van der Waals surface area (Å²) >= 11 is 3.57. The normalized spacial score (nSPS) is 24.8. The fraction of sp³-hybridized carbons (Fsp3) is 0.375. The first-order chi connectivity index (χ1) is 9.16. The van der Waals surface area contributed by atoms with E-state index < -0.39 is 6.10 Å². The highest BCUT2D eigenvalue weighted by atomic mass is 79.9. The van der Waals surface area contributed by atoms with Gasteiger partial charge >= 0.3 is 0 Å². The summed E-state index contributed by atoms with van der Waals surface area (Å²) in [4.78, 5) is 0. The first kappa shape index (κ1) is 13.1. The Kier molecular flexibility index (Phi) is 3.61. The van der Waals surface area contributed by atoms with Gasteiger partial charge in [-0.1, -0.05) is 46.3 Å². The zero-order valence-corrected chi connectivity index (χ0v) is 12.4. The van der Waals surface area contributed by atoms with Crippen LogP contribution in [0.1, 0.15) is 25.0 Å². The Bertz CT molecular complexity index is 596. The van der Waals surface area contributed by atoms with E-state index in [1.54, 1.807) is 0 Å². The molecular weight excluding hydrogens is 304 g/mol. The Balaban J connectivity index is 2.03. The van der Waals surface area contributed by atoms with Crippen molar-refractivity contribution in [2.24, 2.45) is 5.92 Å². The van der Waals surface area contributed by atoms with E-state index in [-0.39, 0.29) is 12.0 Å². The molecule has 1 saturated heterocycles. The molecule has 0 bridgehead atoms. The van der Waals surface area contributed by atoms with E-state index in [1.165, 1.54) is 0 Å². The average molecular weight is 321 g/mol. The molecule has 3 unspecified atom stereocenters. The Morgan fingerprint density at radius 3 is 2.63 bits per heavy atom. The van der Waals surface area contributed by atoms with Gasteiger partial charge in [0.15, 0.2) is 0 Å². The Labute approximate surface area is 121 Å². The minimum atomic E-state index is -0.456. The number of aliphatic hydroxyl groups is 1. The zero-order chi connectivity index (χ0) is 13.4. The molecule has 0 amide bonds. The summed E-state index contributed by atoms with van der Waals surface area (Å²) in [5, 5.41) is 12.9. The minimum absolute atomic E-state index is 0.194. The first-order valence-corrected chi connectivity index (χ1v) is 7.43. The standard InChI is InChI=1S/C16H17BrO2/c1-10-8-11(9-19-10)16(18)14-6-7-15(17)13-5-3-2-4-12(13)14/h2-7,10-11,16,18H,8-9H2,1H3. The third-order valence-electron chi connectivity index (χ3n) is 3.90. The second-order valence-electron chi connectivity index (χ2n) is 5.27. The predicted molar refractivity (Wildman–Crippen MR) is 80.1 cm³/mol. The molecule has 2 aromatic carbocycles. The fourth-order valence-corrected chi connectivity index (χ4v) is 3.35. The van der Waals surface area contributed by atoms with Gasteiger partial charge in [0.2, 0.25) is 0 Å². The highest BCUT2D eigenvalue weighted by molar-refractivity contribution is 9.10. The molecule has 1 heterocycles. The second-order valence-corrected chi connectivity index (χ2v) is 6.12. The lowest BCUT2D eigenvalue weighted by atomic mass is 9.90. The molecule has 3 rings (SSSR count). The number of hydrogen-bond donors (Lipinski definition) is 1. The molecule has 0 radical (unpaired) electrons. The van der Waals surface area contributed by atoms with Crippen molar-refractivity contribution < 1.29 is 9.84 Å². The zero-order valence-electron chi connectivity index (χ0n) is 10.8. The minimum Gasteiger partial charge on any atom is -0.388 e. The first-order valence-electron chi connectivity index (χ1n) is 6.63. The number of rotatable bonds is 2. The SMILES string of the molecule is CC1CC(C(O)c2ccc(Br)c3ccccc23)CO1. The van der Waals surface area contributed by atoms with E-state index in [2.05, 4.69) is 35.0 Å². The van der Waals surface area contributed by atoms with Gasteiger partial charge in [-0.3, -0.25) is 0 Å². The molecule has 3 atom stereocenters. The van der Waals surface area contributed by atoms with Gasteiger partial charge in [-0.05, 0) is 35.7 Å². The Morgan fingerprint density at radius 1 is 1.21 bits per heavy atom. The van der Waals surface area contributed by atoms with E-state index in [9.17, 15) is 5.11 Å². The molecule has 1 N–H and O–H groups in total. The molecule has 100 valence electrons. The number of ether oxygens (including phenoxy) is 1. The van der Waals surface area contributed by atoms with Crippen molar-refractivity contribution in [2.75, 3.05) is 6.61 Å². The van der Waals surface area contributed by atoms with Crippen LogP contribution in [0.2, 0.25) is 0 Å². The molecular formula is C16H17BrO2. The van der Waals surface area contributed by atoms with Crippen molar-refractivity contribution in [3.63, 3.8) is 0 Å². The largest absolute Gasteiger partial charge is 0.388 e. The van der Waals surface area contributed by atoms with Crippen LogP contribution in [0, 0.1) is 5.92 Å². The van der Waals surface area contributed by atoms with Gasteiger partial charge in [-0.15, -0.1) is 0 Å². The third kappa shape index (κ3) is 2.42. The molecule has 1 aliphatic rings. The van der Waals surface area contributed by atoms with Gasteiger partial charge in [-0.2, -0.15) is 0 Å². The summed E-state index contributed by atoms with van der Waals surface area (Å²) in [7, 11) is 0. The van der Waals surface area contributed by atoms with Gasteiger partial charge in [0.1, 0.15) is 0 Å². The number of halogens is 1. The summed E-state index contributed by atoms with van der Waals surface area (Å²) in [6.45, 7) is 2.71. The quantitative estimate of drug-likeness (QED) is 0.904. The van der Waals surface area contributed by atoms with Crippen LogP contribution in [-0.2, 0) is 4.74 Å². The summed E-state index contributed by atoms with van der Waals surface area (Å²) in [5.74, 6) is 0.194. The molecule has 3 heteroatoms. The summed E-state index contributed by atoms with van der Waals surface area (Å²) in [6.07, 6.45) is 0.718. The van der Waals surface area contributed by atoms with Crippen molar-refractivity contribution in [2.45, 2.75) is 25.6 Å². The number of benzene rings is 2. The van der Waals surface area contributed by atoms with Gasteiger partial charge in [0, 0.05) is 10.4 Å². The molecule has 1 aliphatic heterocycles. The average Bonchev–Trinajstić information content (AvgIpc) is 2.86. The van der Waals surface area contributed by atoms with Gasteiger partial charge in [-0.25, -0.2) is 0 Å². The maximum absolute atomic E-state index is 10.6. The smallest absolute Gasteiger partial charge is 0.0847 e. The summed E-state index contributed by atoms with van der Waals surface area (Å²) in [5.41, 5.74) is 1.00. The monoisotopic (exact) mass is 320 g/mol. The molecule has 0 aromatic heterocycles. The molecule has 0 spiro atoms. The Morgan fingerprint density at radius 2 is 1.95 bits per heavy atom. The third-order valence-corrected chi connectivity index (χ3v) is 4.59. The van der Waals surface area contributed by atoms with Crippen LogP contribution in [0.4, 0.5) is 0 Å². The lowest BCUT2D eigenvalue weighted by molar-refractivity contribution is 0.0811. The van der Waals surface area contributed by atoms with Crippen LogP contribution >= 0.6 is 15.9 Å². The number of fused-ring (bicyclic) bond motifs is 1. The van der Waals surface area contributed by atoms with Crippen molar-refractivity contribution in [3.05, 3.63) is 46.4 Å². The van der Waals surface area contributed by atoms with Gasteiger partial charge < -0.3 is 9.84 Å². The lowest BCUT2D eigenvalue weighted by Crippen LogP contribution is -2.13. The topological polar surface area (TPSA) is 29.5 Å². The predicted octanol–water partition coefficient (Wildman–Crippen LogP) is 4.06. The second kappa shape index (κ2) is 5.23. The molecule has 2 aromatic rings. The van der Waals surface area contributed by atoms with E-state index in [4.69, 9.17) is 4.74 Å². The molecule has 19 heavy (non-hydrogen) atoms. The van der Waals surface area contributed by atoms with E-state index in [1.807, 2.05) is 24.3 Å². The van der Waals surface area contributed by atoms with Crippen molar-refractivity contribution >= 4 is 26.7 Å². The van der Waals surface area contributed by atoms with Gasteiger partial charge in [0.05, 0.1) is 18.8 Å². The van der Waals surface area contributed by atoms with Crippen LogP contribution in [0.25, 0.3) is 10.8 Å². The van der Waals surface area contributed by atoms with Crippen molar-refractivity contribution in [1.29, 1.82) is 0 Å². The molecule has 0 saturated carbocycles. The maximum Gasteiger partial charge on any atom is 0.0847 e. The fourth-order valence-electron chi connectivity index (χ4n) is 2.87. The van der Waals surface area contributed by atoms with E-state index in [0.29, 0.717) is 6.61 Å². The highest BCUT2D eigenvalue weighted by Gasteiger charge is 2.30. The van der Waals surface area contributed by atoms with E-state index in [0.717, 1.165) is 27.2 Å². The van der Waals surface area contributed by atoms with Crippen LogP contribution < -0.4 is 0 Å². The number of hydrogen-bond acceptors (Lipinski definition) is 2. The highest BCUT2D eigenvalue weighted by Crippen LogP contribution is 2.36. The summed E-state index contributed by atoms with van der Waals surface area (Å²) < 4.78 is 6.64. The van der Waals surface area contributed by atoms with Crippen LogP contribution in [0.15, 0.2) is 40.9 Å². The van der Waals surface area contributed by atoms with Crippen molar-refractivity contribution in [3.8, 4) is 0 Å². The van der Waals surface area contributed by atoms with Crippen molar-refractivity contribution in [1.82, 2.24) is 0 Å². The van der Waals surface area contributed by atoms with Gasteiger partial charge in [0.25, 0.3) is 0 Å².